The van der Waals surface area contributed by atoms with Crippen molar-refractivity contribution < 1.29 is 18.8 Å². The molecule has 2 aromatic carbocycles. The molecule has 1 aromatic heterocycles. The highest BCUT2D eigenvalue weighted by molar-refractivity contribution is 5.92. The lowest BCUT2D eigenvalue weighted by atomic mass is 9.93. The number of rotatable bonds is 6. The lowest BCUT2D eigenvalue weighted by Gasteiger charge is -2.42. The lowest BCUT2D eigenvalue weighted by Crippen LogP contribution is -2.59. The summed E-state index contributed by atoms with van der Waals surface area (Å²) in [7, 11) is 0. The van der Waals surface area contributed by atoms with Crippen molar-refractivity contribution in [3.8, 4) is 0 Å². The zero-order valence-electron chi connectivity index (χ0n) is 26.2. The average Bonchev–Trinajstić information content (AvgIpc) is 3.47. The SMILES string of the molecule is O=C(NC(Cc1ccc2[nH]c(=O)oc2c1)C(=O)N1CCN(C2CCCCC2)CC1)N1CCC(N2Cc3ccccc3NC2=O)CC1. The van der Waals surface area contributed by atoms with Gasteiger partial charge in [-0.3, -0.25) is 14.7 Å². The molecule has 46 heavy (non-hydrogen) atoms. The van der Waals surface area contributed by atoms with Crippen LogP contribution in [0, 0.1) is 0 Å². The number of nitrogens with zero attached hydrogens (tertiary/aromatic N) is 4. The number of amides is 5. The van der Waals surface area contributed by atoms with Gasteiger partial charge in [0.15, 0.2) is 5.58 Å². The van der Waals surface area contributed by atoms with Crippen LogP contribution in [0.1, 0.15) is 56.1 Å². The lowest BCUT2D eigenvalue weighted by molar-refractivity contribution is -0.135. The Kier molecular flexibility index (Phi) is 8.70. The topological polar surface area (TPSA) is 134 Å². The number of aromatic amines is 1. The molecule has 0 bridgehead atoms. The Morgan fingerprint density at radius 2 is 1.63 bits per heavy atom. The number of carbonyl (C=O) groups is 3. The number of H-pyrrole nitrogens is 1. The van der Waals surface area contributed by atoms with Gasteiger partial charge in [-0.05, 0) is 55.0 Å². The number of anilines is 1. The number of oxazole rings is 1. The number of piperazine rings is 1. The Morgan fingerprint density at radius 3 is 2.41 bits per heavy atom. The molecular weight excluding hydrogens is 586 g/mol. The summed E-state index contributed by atoms with van der Waals surface area (Å²) in [5.74, 6) is -0.621. The first-order valence-corrected chi connectivity index (χ1v) is 16.8. The number of urea groups is 2. The van der Waals surface area contributed by atoms with Gasteiger partial charge in [0.2, 0.25) is 5.91 Å². The maximum Gasteiger partial charge on any atom is 0.417 e. The summed E-state index contributed by atoms with van der Waals surface area (Å²) in [6.07, 6.45) is 7.94. The molecular formula is C34H43N7O5. The number of fused-ring (bicyclic) bond motifs is 2. The van der Waals surface area contributed by atoms with Crippen molar-refractivity contribution in [2.75, 3.05) is 44.6 Å². The molecule has 3 fully saturated rings. The van der Waals surface area contributed by atoms with Crippen LogP contribution in [0.15, 0.2) is 51.7 Å². The van der Waals surface area contributed by atoms with E-state index in [9.17, 15) is 19.2 Å². The van der Waals surface area contributed by atoms with Crippen molar-refractivity contribution in [1.82, 2.24) is 29.9 Å². The van der Waals surface area contributed by atoms with Crippen LogP contribution in [-0.4, -0.2) is 99.9 Å². The van der Waals surface area contributed by atoms with Crippen LogP contribution < -0.4 is 16.4 Å². The van der Waals surface area contributed by atoms with Gasteiger partial charge in [-0.2, -0.15) is 0 Å². The molecule has 1 aliphatic carbocycles. The highest BCUT2D eigenvalue weighted by atomic mass is 16.4. The van der Waals surface area contributed by atoms with E-state index >= 15 is 0 Å². The molecule has 5 amide bonds. The van der Waals surface area contributed by atoms with Gasteiger partial charge < -0.3 is 29.8 Å². The summed E-state index contributed by atoms with van der Waals surface area (Å²) in [4.78, 5) is 62.9. The van der Waals surface area contributed by atoms with E-state index in [2.05, 4.69) is 20.5 Å². The van der Waals surface area contributed by atoms with Crippen molar-refractivity contribution in [3.63, 3.8) is 0 Å². The third kappa shape index (κ3) is 6.48. The van der Waals surface area contributed by atoms with E-state index in [1.165, 1.54) is 32.1 Å². The van der Waals surface area contributed by atoms with Gasteiger partial charge in [-0.25, -0.2) is 14.4 Å². The van der Waals surface area contributed by atoms with Crippen molar-refractivity contribution in [3.05, 3.63) is 64.1 Å². The van der Waals surface area contributed by atoms with E-state index in [-0.39, 0.29) is 30.4 Å². The standard InChI is InChI=1S/C34H43N7O5/c42-31(39-18-16-38(17-19-39)25-7-2-1-3-8-25)29(20-23-10-11-28-30(21-23)46-34(45)37-28)36-32(43)40-14-12-26(13-15-40)41-22-24-6-4-5-9-27(24)35-33(41)44/h4-6,9-11,21,25-26,29H,1-3,7-8,12-20,22H2,(H,35,44)(H,36,43)(H,37,45). The highest BCUT2D eigenvalue weighted by Gasteiger charge is 2.35. The van der Waals surface area contributed by atoms with Crippen LogP contribution in [0.3, 0.4) is 0 Å². The second-order valence-electron chi connectivity index (χ2n) is 13.1. The number of benzene rings is 2. The molecule has 244 valence electrons. The van der Waals surface area contributed by atoms with Gasteiger partial charge >= 0.3 is 17.8 Å². The third-order valence-corrected chi connectivity index (χ3v) is 10.3. The number of piperidine rings is 1. The molecule has 7 rings (SSSR count). The average molecular weight is 630 g/mol. The molecule has 12 heteroatoms. The van der Waals surface area contributed by atoms with Crippen LogP contribution in [0.2, 0.25) is 0 Å². The predicted molar refractivity (Wildman–Crippen MR) is 173 cm³/mol. The fraction of sp³-hybridized carbons (Fsp3) is 0.529. The quantitative estimate of drug-likeness (QED) is 0.381. The van der Waals surface area contributed by atoms with E-state index in [1.807, 2.05) is 40.1 Å². The molecule has 0 spiro atoms. The molecule has 0 radical (unpaired) electrons. The smallest absolute Gasteiger partial charge is 0.408 e. The van der Waals surface area contributed by atoms with Crippen LogP contribution in [0.4, 0.5) is 15.3 Å². The molecule has 3 N–H and O–H groups in total. The molecule has 4 aliphatic rings. The zero-order chi connectivity index (χ0) is 31.6. The first-order valence-electron chi connectivity index (χ1n) is 16.8. The molecule has 12 nitrogen and oxygen atoms in total. The Balaban J connectivity index is 1.00. The first kappa shape index (κ1) is 30.3. The van der Waals surface area contributed by atoms with E-state index in [0.29, 0.717) is 62.7 Å². The monoisotopic (exact) mass is 629 g/mol. The molecule has 3 aromatic rings. The maximum atomic E-state index is 14.0. The molecule has 3 aliphatic heterocycles. The summed E-state index contributed by atoms with van der Waals surface area (Å²) in [5.41, 5.74) is 3.75. The van der Waals surface area contributed by atoms with Gasteiger partial charge in [0.1, 0.15) is 6.04 Å². The Hall–Kier alpha value is -4.32. The molecule has 1 atom stereocenters. The summed E-state index contributed by atoms with van der Waals surface area (Å²) >= 11 is 0. The van der Waals surface area contributed by atoms with Crippen LogP contribution in [0.5, 0.6) is 0 Å². The summed E-state index contributed by atoms with van der Waals surface area (Å²) < 4.78 is 5.26. The van der Waals surface area contributed by atoms with Crippen molar-refractivity contribution in [2.45, 2.75) is 76.0 Å². The number of aromatic nitrogens is 1. The summed E-state index contributed by atoms with van der Waals surface area (Å²) in [6.45, 7) is 4.50. The van der Waals surface area contributed by atoms with Crippen molar-refractivity contribution >= 4 is 34.8 Å². The minimum Gasteiger partial charge on any atom is -0.408 e. The van der Waals surface area contributed by atoms with Crippen LogP contribution >= 0.6 is 0 Å². The van der Waals surface area contributed by atoms with Crippen molar-refractivity contribution in [1.29, 1.82) is 0 Å². The molecule has 1 saturated carbocycles. The zero-order valence-corrected chi connectivity index (χ0v) is 26.2. The number of hydrogen-bond acceptors (Lipinski definition) is 6. The number of nitrogens with one attached hydrogen (secondary N) is 3. The van der Waals surface area contributed by atoms with Crippen molar-refractivity contribution in [2.24, 2.45) is 0 Å². The third-order valence-electron chi connectivity index (χ3n) is 10.3. The van der Waals surface area contributed by atoms with Gasteiger partial charge in [0, 0.05) is 70.0 Å². The van der Waals surface area contributed by atoms with E-state index < -0.39 is 11.8 Å². The maximum absolute atomic E-state index is 14.0. The molecule has 4 heterocycles. The number of para-hydroxylation sites is 1. The Bertz CT molecular complexity index is 1630. The number of likely N-dealkylation sites (tertiary alicyclic amines) is 1. The summed E-state index contributed by atoms with van der Waals surface area (Å²) in [5, 5.41) is 6.06. The van der Waals surface area contributed by atoms with Gasteiger partial charge in [0.25, 0.3) is 0 Å². The van der Waals surface area contributed by atoms with Gasteiger partial charge in [-0.15, -0.1) is 0 Å². The second-order valence-corrected chi connectivity index (χ2v) is 13.1. The minimum atomic E-state index is -0.765. The Morgan fingerprint density at radius 1 is 0.870 bits per heavy atom. The molecule has 2 saturated heterocycles. The Labute approximate surface area is 268 Å². The van der Waals surface area contributed by atoms with E-state index in [4.69, 9.17) is 4.42 Å². The van der Waals surface area contributed by atoms with Crippen LogP contribution in [-0.2, 0) is 17.8 Å². The van der Waals surface area contributed by atoms with Gasteiger partial charge in [0.05, 0.1) is 5.52 Å². The van der Waals surface area contributed by atoms with E-state index in [0.717, 1.165) is 29.9 Å². The van der Waals surface area contributed by atoms with Crippen LogP contribution in [0.25, 0.3) is 11.1 Å². The first-order chi connectivity index (χ1) is 22.4. The fourth-order valence-corrected chi connectivity index (χ4v) is 7.66. The largest absolute Gasteiger partial charge is 0.417 e. The second kappa shape index (κ2) is 13.2. The predicted octanol–water partition coefficient (Wildman–Crippen LogP) is 3.73. The van der Waals surface area contributed by atoms with E-state index in [1.54, 1.807) is 17.0 Å². The minimum absolute atomic E-state index is 0.0260. The summed E-state index contributed by atoms with van der Waals surface area (Å²) in [6, 6.07) is 12.7. The normalized spacial score (nSPS) is 20.8. The fourth-order valence-electron chi connectivity index (χ4n) is 7.66. The number of hydrogen-bond donors (Lipinski definition) is 3. The highest BCUT2D eigenvalue weighted by Crippen LogP contribution is 2.28. The number of carbonyl (C=O) groups excluding carboxylic acids is 3. The molecule has 1 unspecified atom stereocenters. The van der Waals surface area contributed by atoms with Gasteiger partial charge in [-0.1, -0.05) is 43.5 Å².